The predicted molar refractivity (Wildman–Crippen MR) is 66.4 cm³/mol. The molecule has 2 heterocycles. The highest BCUT2D eigenvalue weighted by Gasteiger charge is 2.48. The third-order valence-electron chi connectivity index (χ3n) is 3.90. The zero-order chi connectivity index (χ0) is 13.0. The van der Waals surface area contributed by atoms with Crippen molar-refractivity contribution in [3.05, 3.63) is 0 Å². The molecule has 5 heteroatoms. The molecular weight excluding hydrogens is 234 g/mol. The molecule has 2 aliphatic rings. The van der Waals surface area contributed by atoms with Gasteiger partial charge >= 0.3 is 0 Å². The predicted octanol–water partition coefficient (Wildman–Crippen LogP) is 0.677. The van der Waals surface area contributed by atoms with Crippen molar-refractivity contribution in [3.63, 3.8) is 0 Å². The first-order valence-electron chi connectivity index (χ1n) is 6.59. The van der Waals surface area contributed by atoms with Crippen molar-refractivity contribution < 1.29 is 19.0 Å². The van der Waals surface area contributed by atoms with Crippen LogP contribution in [-0.2, 0) is 19.0 Å². The van der Waals surface area contributed by atoms with Gasteiger partial charge in [-0.2, -0.15) is 0 Å². The van der Waals surface area contributed by atoms with Crippen LogP contribution in [0.1, 0.15) is 19.3 Å². The van der Waals surface area contributed by atoms with Gasteiger partial charge in [-0.25, -0.2) is 0 Å². The Labute approximate surface area is 108 Å². The quantitative estimate of drug-likeness (QED) is 0.726. The minimum absolute atomic E-state index is 0.0609. The third-order valence-corrected chi connectivity index (χ3v) is 3.90. The van der Waals surface area contributed by atoms with Crippen LogP contribution in [0.2, 0.25) is 0 Å². The molecule has 1 atom stereocenters. The summed E-state index contributed by atoms with van der Waals surface area (Å²) in [5.41, 5.74) is -0.0833. The number of amides is 1. The van der Waals surface area contributed by atoms with E-state index in [9.17, 15) is 4.79 Å². The van der Waals surface area contributed by atoms with Crippen LogP contribution < -0.4 is 0 Å². The van der Waals surface area contributed by atoms with Gasteiger partial charge in [0.25, 0.3) is 0 Å². The van der Waals surface area contributed by atoms with Crippen molar-refractivity contribution in [1.82, 2.24) is 4.90 Å². The van der Waals surface area contributed by atoms with E-state index < -0.39 is 0 Å². The Kier molecular flexibility index (Phi) is 4.59. The average molecular weight is 257 g/mol. The summed E-state index contributed by atoms with van der Waals surface area (Å²) >= 11 is 0. The van der Waals surface area contributed by atoms with E-state index in [4.69, 9.17) is 14.2 Å². The first-order chi connectivity index (χ1) is 8.69. The van der Waals surface area contributed by atoms with Gasteiger partial charge in [-0.3, -0.25) is 4.79 Å². The lowest BCUT2D eigenvalue weighted by Gasteiger charge is -2.53. The van der Waals surface area contributed by atoms with E-state index >= 15 is 0 Å². The molecule has 1 amide bonds. The van der Waals surface area contributed by atoms with E-state index in [1.54, 1.807) is 14.2 Å². The van der Waals surface area contributed by atoms with Gasteiger partial charge in [0.2, 0.25) is 5.91 Å². The SMILES string of the molecule is COCC[C@H]1CCOC2(C1)CN(C(=O)COC)C2. The van der Waals surface area contributed by atoms with E-state index in [1.165, 1.54) is 0 Å². The monoisotopic (exact) mass is 257 g/mol. The van der Waals surface area contributed by atoms with Crippen LogP contribution in [0.5, 0.6) is 0 Å². The summed E-state index contributed by atoms with van der Waals surface area (Å²) in [6.45, 7) is 3.23. The second-order valence-corrected chi connectivity index (χ2v) is 5.35. The van der Waals surface area contributed by atoms with Crippen molar-refractivity contribution in [2.45, 2.75) is 24.9 Å². The Morgan fingerprint density at radius 3 is 2.83 bits per heavy atom. The summed E-state index contributed by atoms with van der Waals surface area (Å²) in [7, 11) is 3.29. The van der Waals surface area contributed by atoms with Crippen LogP contribution in [0.15, 0.2) is 0 Å². The normalized spacial score (nSPS) is 26.1. The molecule has 5 nitrogen and oxygen atoms in total. The standard InChI is InChI=1S/C13H23NO4/c1-16-5-3-11-4-6-18-13(7-11)9-14(10-13)12(15)8-17-2/h11H,3-10H2,1-2H3/t11-/m0/s1. The lowest BCUT2D eigenvalue weighted by atomic mass is 9.79. The Hall–Kier alpha value is -0.650. The summed E-state index contributed by atoms with van der Waals surface area (Å²) in [6, 6.07) is 0. The zero-order valence-corrected chi connectivity index (χ0v) is 11.3. The summed E-state index contributed by atoms with van der Waals surface area (Å²) in [4.78, 5) is 13.5. The maximum Gasteiger partial charge on any atom is 0.248 e. The first kappa shape index (κ1) is 13.8. The van der Waals surface area contributed by atoms with E-state index in [2.05, 4.69) is 0 Å². The molecule has 0 radical (unpaired) electrons. The number of hydrogen-bond donors (Lipinski definition) is 0. The number of nitrogens with zero attached hydrogens (tertiary/aromatic N) is 1. The van der Waals surface area contributed by atoms with Crippen LogP contribution in [0.25, 0.3) is 0 Å². The number of ether oxygens (including phenoxy) is 3. The maximum atomic E-state index is 11.6. The molecule has 104 valence electrons. The number of methoxy groups -OCH3 is 2. The molecule has 0 saturated carbocycles. The minimum atomic E-state index is -0.0833. The van der Waals surface area contributed by atoms with Gasteiger partial charge in [0.15, 0.2) is 0 Å². The summed E-state index contributed by atoms with van der Waals surface area (Å²) in [6.07, 6.45) is 3.25. The van der Waals surface area contributed by atoms with Crippen LogP contribution in [-0.4, -0.2) is 63.5 Å². The summed E-state index contributed by atoms with van der Waals surface area (Å²) in [5.74, 6) is 0.726. The van der Waals surface area contributed by atoms with Crippen molar-refractivity contribution in [1.29, 1.82) is 0 Å². The molecule has 0 aliphatic carbocycles. The van der Waals surface area contributed by atoms with Gasteiger partial charge in [-0.1, -0.05) is 0 Å². The highest BCUT2D eigenvalue weighted by Crippen LogP contribution is 2.38. The Morgan fingerprint density at radius 1 is 1.39 bits per heavy atom. The van der Waals surface area contributed by atoms with Crippen LogP contribution in [0.4, 0.5) is 0 Å². The highest BCUT2D eigenvalue weighted by atomic mass is 16.5. The van der Waals surface area contributed by atoms with Gasteiger partial charge in [0.1, 0.15) is 12.2 Å². The Bertz CT molecular complexity index is 289. The van der Waals surface area contributed by atoms with Crippen molar-refractivity contribution in [2.24, 2.45) is 5.92 Å². The molecule has 0 bridgehead atoms. The number of likely N-dealkylation sites (tertiary alicyclic amines) is 1. The van der Waals surface area contributed by atoms with Gasteiger partial charge in [-0.05, 0) is 25.2 Å². The number of rotatable bonds is 5. The van der Waals surface area contributed by atoms with Crippen LogP contribution >= 0.6 is 0 Å². The van der Waals surface area contributed by atoms with E-state index in [0.717, 1.165) is 45.6 Å². The largest absolute Gasteiger partial charge is 0.385 e. The van der Waals surface area contributed by atoms with Crippen molar-refractivity contribution >= 4 is 5.91 Å². The van der Waals surface area contributed by atoms with Gasteiger partial charge in [0.05, 0.1) is 13.1 Å². The molecule has 0 unspecified atom stereocenters. The molecule has 2 saturated heterocycles. The lowest BCUT2D eigenvalue weighted by molar-refractivity contribution is -0.191. The fraction of sp³-hybridized carbons (Fsp3) is 0.923. The molecule has 2 aliphatic heterocycles. The fourth-order valence-electron chi connectivity index (χ4n) is 2.92. The number of carbonyl (C=O) groups excluding carboxylic acids is 1. The van der Waals surface area contributed by atoms with Gasteiger partial charge < -0.3 is 19.1 Å². The smallest absolute Gasteiger partial charge is 0.248 e. The van der Waals surface area contributed by atoms with E-state index in [1.807, 2.05) is 4.90 Å². The second-order valence-electron chi connectivity index (χ2n) is 5.35. The molecule has 2 fully saturated rings. The van der Waals surface area contributed by atoms with Crippen molar-refractivity contribution in [3.8, 4) is 0 Å². The second kappa shape index (κ2) is 5.99. The van der Waals surface area contributed by atoms with Crippen molar-refractivity contribution in [2.75, 3.05) is 47.1 Å². The van der Waals surface area contributed by atoms with Gasteiger partial charge in [-0.15, -0.1) is 0 Å². The van der Waals surface area contributed by atoms with Crippen LogP contribution in [0.3, 0.4) is 0 Å². The van der Waals surface area contributed by atoms with Gasteiger partial charge in [0, 0.05) is 27.4 Å². The molecule has 0 N–H and O–H groups in total. The Balaban J connectivity index is 1.78. The molecular formula is C13H23NO4. The topological polar surface area (TPSA) is 48.0 Å². The van der Waals surface area contributed by atoms with E-state index in [-0.39, 0.29) is 18.1 Å². The summed E-state index contributed by atoms with van der Waals surface area (Å²) < 4.78 is 15.9. The molecule has 2 rings (SSSR count). The molecule has 18 heavy (non-hydrogen) atoms. The van der Waals surface area contributed by atoms with Crippen LogP contribution in [0, 0.1) is 5.92 Å². The number of hydrogen-bond acceptors (Lipinski definition) is 4. The Morgan fingerprint density at radius 2 is 2.17 bits per heavy atom. The summed E-state index contributed by atoms with van der Waals surface area (Å²) in [5, 5.41) is 0. The molecule has 0 aromatic heterocycles. The highest BCUT2D eigenvalue weighted by molar-refractivity contribution is 5.78. The fourth-order valence-corrected chi connectivity index (χ4v) is 2.92. The maximum absolute atomic E-state index is 11.6. The lowest BCUT2D eigenvalue weighted by Crippen LogP contribution is -2.67. The average Bonchev–Trinajstić information content (AvgIpc) is 2.34. The zero-order valence-electron chi connectivity index (χ0n) is 11.3. The molecule has 0 aromatic rings. The third kappa shape index (κ3) is 3.02. The molecule has 0 aromatic carbocycles. The first-order valence-corrected chi connectivity index (χ1v) is 6.59. The van der Waals surface area contributed by atoms with E-state index in [0.29, 0.717) is 5.92 Å². The minimum Gasteiger partial charge on any atom is -0.385 e. The molecule has 1 spiro atoms. The number of carbonyl (C=O) groups is 1.